The second-order valence-electron chi connectivity index (χ2n) is 15.2. The Labute approximate surface area is 379 Å². The first kappa shape index (κ1) is 41.0. The van der Waals surface area contributed by atoms with Crippen LogP contribution in [-0.2, 0) is 0 Å². The van der Waals surface area contributed by atoms with Gasteiger partial charge in [0.05, 0.1) is 22.3 Å². The van der Waals surface area contributed by atoms with Crippen LogP contribution in [0.25, 0.3) is 44.5 Å². The molecule has 0 fully saturated rings. The van der Waals surface area contributed by atoms with Gasteiger partial charge in [0.1, 0.15) is 17.2 Å². The summed E-state index contributed by atoms with van der Waals surface area (Å²) in [5.41, 5.74) is 14.4. The van der Waals surface area contributed by atoms with Crippen LogP contribution >= 0.6 is 0 Å². The number of phenols is 3. The Balaban J connectivity index is 0.804. The average molecular weight is 831 g/mol. The number of para-hydroxylation sites is 3. The fraction of sp³-hybridized carbons (Fsp3) is 0. The lowest BCUT2D eigenvalue weighted by Crippen LogP contribution is -1.84. The molecule has 304 valence electrons. The molecule has 0 bridgehead atoms. The van der Waals surface area contributed by atoms with E-state index in [4.69, 9.17) is 0 Å². The minimum Gasteiger partial charge on any atom is -0.507 e. The molecule has 0 spiro atoms. The maximum atomic E-state index is 11.1. The van der Waals surface area contributed by atoms with Gasteiger partial charge < -0.3 is 15.3 Å². The third kappa shape index (κ3) is 10.1. The molecule has 0 heterocycles. The predicted molar refractivity (Wildman–Crippen MR) is 263 cm³/mol. The van der Waals surface area contributed by atoms with E-state index in [1.165, 1.54) is 0 Å². The normalized spacial score (nSPS) is 10.2. The molecule has 3 N–H and O–H groups in total. The number of phenolic OH excluding ortho intramolecular Hbond substituents is 3. The second kappa shape index (κ2) is 19.1. The summed E-state index contributed by atoms with van der Waals surface area (Å²) in [6.07, 6.45) is 0. The molecule has 65 heavy (non-hydrogen) atoms. The summed E-state index contributed by atoms with van der Waals surface area (Å²) in [6.45, 7) is 0. The molecule has 9 rings (SSSR count). The van der Waals surface area contributed by atoms with Crippen molar-refractivity contribution in [3.63, 3.8) is 0 Å². The zero-order valence-corrected chi connectivity index (χ0v) is 35.0. The van der Waals surface area contributed by atoms with Gasteiger partial charge in [0.15, 0.2) is 0 Å². The van der Waals surface area contributed by atoms with Gasteiger partial charge in [-0.15, -0.1) is 0 Å². The van der Waals surface area contributed by atoms with Gasteiger partial charge in [0, 0.05) is 22.3 Å². The van der Waals surface area contributed by atoms with Crippen LogP contribution in [0.3, 0.4) is 0 Å². The highest BCUT2D eigenvalue weighted by Crippen LogP contribution is 2.28. The zero-order valence-electron chi connectivity index (χ0n) is 35.0. The highest BCUT2D eigenvalue weighted by molar-refractivity contribution is 5.73. The van der Waals surface area contributed by atoms with E-state index in [2.05, 4.69) is 144 Å². The van der Waals surface area contributed by atoms with Crippen LogP contribution in [0.1, 0.15) is 44.5 Å². The molecule has 3 heteroatoms. The molecule has 0 saturated heterocycles. The summed E-state index contributed by atoms with van der Waals surface area (Å²) in [5.74, 6) is 25.4. The van der Waals surface area contributed by atoms with Crippen molar-refractivity contribution in [3.05, 3.63) is 257 Å². The van der Waals surface area contributed by atoms with E-state index in [0.29, 0.717) is 22.3 Å². The van der Waals surface area contributed by atoms with Crippen LogP contribution in [0.2, 0.25) is 0 Å². The van der Waals surface area contributed by atoms with E-state index >= 15 is 0 Å². The van der Waals surface area contributed by atoms with Crippen molar-refractivity contribution < 1.29 is 15.3 Å². The molecule has 0 amide bonds. The molecule has 0 atom stereocenters. The molecule has 0 unspecified atom stereocenters. The van der Waals surface area contributed by atoms with E-state index in [0.717, 1.165) is 66.8 Å². The van der Waals surface area contributed by atoms with Crippen molar-refractivity contribution in [1.29, 1.82) is 0 Å². The Morgan fingerprint density at radius 3 is 0.677 bits per heavy atom. The predicted octanol–water partition coefficient (Wildman–Crippen LogP) is 13.1. The van der Waals surface area contributed by atoms with Crippen molar-refractivity contribution >= 4 is 0 Å². The Kier molecular flexibility index (Phi) is 12.1. The minimum atomic E-state index is 0.0611. The Morgan fingerprint density at radius 2 is 0.415 bits per heavy atom. The topological polar surface area (TPSA) is 60.7 Å². The molecule has 0 radical (unpaired) electrons. The van der Waals surface area contributed by atoms with Crippen LogP contribution in [0.15, 0.2) is 212 Å². The van der Waals surface area contributed by atoms with Crippen LogP contribution in [0.4, 0.5) is 0 Å². The molecule has 3 nitrogen and oxygen atoms in total. The second-order valence-corrected chi connectivity index (χ2v) is 15.2. The van der Waals surface area contributed by atoms with E-state index in [9.17, 15) is 15.3 Å². The lowest BCUT2D eigenvalue weighted by molar-refractivity contribution is 0.472. The van der Waals surface area contributed by atoms with E-state index in [1.807, 2.05) is 66.7 Å². The number of hydrogen-bond donors (Lipinski definition) is 3. The standard InChI is InChI=1S/C62H38O3/c63-60-10-3-1-6-56(60)32-20-44-12-24-48(25-13-44)52-36-40-54(41-37-52)50-28-16-46(17-29-50)22-34-58-8-5-9-59(62(58)65)35-23-47-18-30-51(31-19-47)55-42-38-53(39-43-55)49-26-14-45(15-27-49)21-33-57-7-2-4-11-61(57)64/h1-19,24-31,36-43,63-65H. The summed E-state index contributed by atoms with van der Waals surface area (Å²) in [4.78, 5) is 0. The number of aromatic hydroxyl groups is 3. The van der Waals surface area contributed by atoms with Crippen molar-refractivity contribution in [2.75, 3.05) is 0 Å². The summed E-state index contributed by atoms with van der Waals surface area (Å²) < 4.78 is 0. The Hall–Kier alpha value is -9.38. The highest BCUT2D eigenvalue weighted by atomic mass is 16.3. The maximum Gasteiger partial charge on any atom is 0.146 e. The molecule has 0 saturated carbocycles. The number of benzene rings is 9. The first-order chi connectivity index (χ1) is 31.9. The molecular weight excluding hydrogens is 793 g/mol. The van der Waals surface area contributed by atoms with E-state index in [1.54, 1.807) is 48.5 Å². The quantitative estimate of drug-likeness (QED) is 0.155. The molecule has 0 aliphatic carbocycles. The van der Waals surface area contributed by atoms with Gasteiger partial charge >= 0.3 is 0 Å². The SMILES string of the molecule is Oc1ccccc1C#Cc1ccc(-c2ccc(-c3ccc(C#Cc4cccc(C#Cc5ccc(-c6ccc(-c7ccc(C#Cc8ccccc8O)cc7)cc6)cc5)c4O)cc3)cc2)cc1. The fourth-order valence-corrected chi connectivity index (χ4v) is 7.16. The number of rotatable bonds is 4. The van der Waals surface area contributed by atoms with E-state index < -0.39 is 0 Å². The molecular formula is C62H38O3. The van der Waals surface area contributed by atoms with E-state index in [-0.39, 0.29) is 17.2 Å². The number of hydrogen-bond acceptors (Lipinski definition) is 3. The molecule has 9 aromatic carbocycles. The summed E-state index contributed by atoms with van der Waals surface area (Å²) in [5, 5.41) is 31.0. The van der Waals surface area contributed by atoms with Gasteiger partial charge in [-0.05, 0) is 129 Å². The minimum absolute atomic E-state index is 0.0611. The molecule has 0 aliphatic heterocycles. The van der Waals surface area contributed by atoms with Crippen molar-refractivity contribution in [2.45, 2.75) is 0 Å². The van der Waals surface area contributed by atoms with Gasteiger partial charge in [-0.25, -0.2) is 0 Å². The largest absolute Gasteiger partial charge is 0.507 e. The Bertz CT molecular complexity index is 3180. The maximum absolute atomic E-state index is 11.1. The van der Waals surface area contributed by atoms with Crippen molar-refractivity contribution in [1.82, 2.24) is 0 Å². The average Bonchev–Trinajstić information content (AvgIpc) is 3.36. The first-order valence-corrected chi connectivity index (χ1v) is 21.0. The van der Waals surface area contributed by atoms with Gasteiger partial charge in [-0.2, -0.15) is 0 Å². The molecule has 0 aliphatic rings. The molecule has 9 aromatic rings. The van der Waals surface area contributed by atoms with Gasteiger partial charge in [0.2, 0.25) is 0 Å². The summed E-state index contributed by atoms with van der Waals surface area (Å²) in [6, 6.07) is 68.8. The van der Waals surface area contributed by atoms with Crippen molar-refractivity contribution in [3.8, 4) is 109 Å². The van der Waals surface area contributed by atoms with Crippen LogP contribution in [0.5, 0.6) is 17.2 Å². The van der Waals surface area contributed by atoms with Crippen LogP contribution < -0.4 is 0 Å². The summed E-state index contributed by atoms with van der Waals surface area (Å²) >= 11 is 0. The highest BCUT2D eigenvalue weighted by Gasteiger charge is 2.06. The Morgan fingerprint density at radius 1 is 0.200 bits per heavy atom. The lowest BCUT2D eigenvalue weighted by Gasteiger charge is -2.06. The van der Waals surface area contributed by atoms with Crippen LogP contribution in [0, 0.1) is 47.4 Å². The first-order valence-electron chi connectivity index (χ1n) is 21.0. The van der Waals surface area contributed by atoms with Gasteiger partial charge in [-0.3, -0.25) is 0 Å². The molecule has 0 aromatic heterocycles. The smallest absolute Gasteiger partial charge is 0.146 e. The third-order valence-electron chi connectivity index (χ3n) is 10.9. The monoisotopic (exact) mass is 830 g/mol. The zero-order chi connectivity index (χ0) is 44.4. The van der Waals surface area contributed by atoms with Crippen molar-refractivity contribution in [2.24, 2.45) is 0 Å². The fourth-order valence-electron chi connectivity index (χ4n) is 7.16. The van der Waals surface area contributed by atoms with Gasteiger partial charge in [-0.1, -0.05) is 175 Å². The van der Waals surface area contributed by atoms with Gasteiger partial charge in [0.25, 0.3) is 0 Å². The van der Waals surface area contributed by atoms with Crippen LogP contribution in [-0.4, -0.2) is 15.3 Å². The third-order valence-corrected chi connectivity index (χ3v) is 10.9. The lowest BCUT2D eigenvalue weighted by atomic mass is 9.99. The summed E-state index contributed by atoms with van der Waals surface area (Å²) in [7, 11) is 0.